The predicted octanol–water partition coefficient (Wildman–Crippen LogP) is 4.54. The first-order valence-electron chi connectivity index (χ1n) is 12.8. The van der Waals surface area contributed by atoms with Crippen molar-refractivity contribution in [2.24, 2.45) is 0 Å². The van der Waals surface area contributed by atoms with Crippen LogP contribution in [0.3, 0.4) is 0 Å². The van der Waals surface area contributed by atoms with Crippen molar-refractivity contribution in [1.29, 1.82) is 5.26 Å². The number of pyridine rings is 1. The van der Waals surface area contributed by atoms with E-state index >= 15 is 0 Å². The number of fused-ring (bicyclic) bond motifs is 1. The molecule has 9 nitrogen and oxygen atoms in total. The summed E-state index contributed by atoms with van der Waals surface area (Å²) in [6, 6.07) is 21.2. The second kappa shape index (κ2) is 10.0. The highest BCUT2D eigenvalue weighted by molar-refractivity contribution is 5.99. The maximum absolute atomic E-state index is 12.6. The summed E-state index contributed by atoms with van der Waals surface area (Å²) in [4.78, 5) is 31.2. The summed E-state index contributed by atoms with van der Waals surface area (Å²) in [5.74, 6) is -0.0128. The number of nitrogens with one attached hydrogen (secondary N) is 1. The van der Waals surface area contributed by atoms with Crippen molar-refractivity contribution >= 4 is 17.7 Å². The minimum absolute atomic E-state index is 0.0995. The summed E-state index contributed by atoms with van der Waals surface area (Å²) in [6.45, 7) is 5.12. The second-order valence-corrected chi connectivity index (χ2v) is 10.8. The summed E-state index contributed by atoms with van der Waals surface area (Å²) in [6.07, 6.45) is -0.277. The standard InChI is InChI=1S/C30H30N4O5/c1-29(2,3)39-28(37)33-30(16-22(35)17-30)21-11-9-20(10-12-21)26-23(19-7-5-4-6-8-19)15-24-27(32-26)38-18-25(36)34(24)14-13-31/h4-12,15,22,35H,14,16-18H2,1-3H3,(H,33,37). The number of amides is 2. The monoisotopic (exact) mass is 526 g/mol. The van der Waals surface area contributed by atoms with Gasteiger partial charge in [-0.1, -0.05) is 54.6 Å². The summed E-state index contributed by atoms with van der Waals surface area (Å²) >= 11 is 0. The van der Waals surface area contributed by atoms with E-state index in [9.17, 15) is 20.0 Å². The van der Waals surface area contributed by atoms with Gasteiger partial charge < -0.3 is 19.9 Å². The molecule has 2 aliphatic rings. The van der Waals surface area contributed by atoms with Gasteiger partial charge >= 0.3 is 6.09 Å². The van der Waals surface area contributed by atoms with Gasteiger partial charge in [0.2, 0.25) is 5.88 Å². The minimum Gasteiger partial charge on any atom is -0.466 e. The molecule has 0 radical (unpaired) electrons. The maximum atomic E-state index is 12.6. The number of aliphatic hydroxyl groups is 1. The molecule has 0 saturated heterocycles. The summed E-state index contributed by atoms with van der Waals surface area (Å²) < 4.78 is 11.1. The van der Waals surface area contributed by atoms with Gasteiger partial charge in [-0.05, 0) is 38.0 Å². The van der Waals surface area contributed by atoms with Gasteiger partial charge in [0.15, 0.2) is 6.61 Å². The van der Waals surface area contributed by atoms with Crippen LogP contribution in [0.5, 0.6) is 5.88 Å². The van der Waals surface area contributed by atoms with Crippen molar-refractivity contribution in [1.82, 2.24) is 10.3 Å². The molecule has 2 amide bonds. The van der Waals surface area contributed by atoms with Gasteiger partial charge in [-0.15, -0.1) is 0 Å². The Balaban J connectivity index is 1.53. The highest BCUT2D eigenvalue weighted by Crippen LogP contribution is 2.44. The number of rotatable bonds is 5. The van der Waals surface area contributed by atoms with Gasteiger partial charge in [0, 0.05) is 24.0 Å². The van der Waals surface area contributed by atoms with E-state index < -0.39 is 23.3 Å². The van der Waals surface area contributed by atoms with E-state index in [-0.39, 0.29) is 24.9 Å². The van der Waals surface area contributed by atoms with E-state index in [0.717, 1.165) is 22.3 Å². The average Bonchev–Trinajstić information content (AvgIpc) is 2.88. The number of ether oxygens (including phenoxy) is 2. The fourth-order valence-electron chi connectivity index (χ4n) is 5.03. The van der Waals surface area contributed by atoms with Gasteiger partial charge in [0.1, 0.15) is 17.8 Å². The molecule has 9 heteroatoms. The molecule has 3 aromatic rings. The fraction of sp³-hybridized carbons (Fsp3) is 0.333. The number of nitrogens with zero attached hydrogens (tertiary/aromatic N) is 3. The van der Waals surface area contributed by atoms with Crippen LogP contribution in [0.1, 0.15) is 39.2 Å². The quantitative estimate of drug-likeness (QED) is 0.468. The van der Waals surface area contributed by atoms with Gasteiger partial charge in [-0.2, -0.15) is 5.26 Å². The third kappa shape index (κ3) is 5.29. The lowest BCUT2D eigenvalue weighted by atomic mass is 9.69. The van der Waals surface area contributed by atoms with Crippen LogP contribution in [0.25, 0.3) is 22.4 Å². The Bertz CT molecular complexity index is 1440. The Morgan fingerprint density at radius 3 is 2.49 bits per heavy atom. The van der Waals surface area contributed by atoms with Crippen LogP contribution in [-0.2, 0) is 15.1 Å². The van der Waals surface area contributed by atoms with E-state index in [1.165, 1.54) is 4.90 Å². The first-order valence-corrected chi connectivity index (χ1v) is 12.8. The van der Waals surface area contributed by atoms with E-state index in [1.54, 1.807) is 20.8 Å². The molecule has 0 bridgehead atoms. The Hall–Kier alpha value is -4.42. The smallest absolute Gasteiger partial charge is 0.408 e. The maximum Gasteiger partial charge on any atom is 0.408 e. The molecular weight excluding hydrogens is 496 g/mol. The SMILES string of the molecule is CC(C)(C)OC(=O)NC1(c2ccc(-c3nc4c(cc3-c3ccccc3)N(CC#N)C(=O)CO4)cc2)CC(O)C1. The van der Waals surface area contributed by atoms with Crippen molar-refractivity contribution in [2.45, 2.75) is 50.9 Å². The Morgan fingerprint density at radius 2 is 1.87 bits per heavy atom. The topological polar surface area (TPSA) is 125 Å². The molecule has 1 aliphatic heterocycles. The van der Waals surface area contributed by atoms with Gasteiger partial charge in [0.25, 0.3) is 5.91 Å². The molecule has 2 aromatic carbocycles. The van der Waals surface area contributed by atoms with Gasteiger partial charge in [-0.25, -0.2) is 9.78 Å². The highest BCUT2D eigenvalue weighted by atomic mass is 16.6. The first-order chi connectivity index (χ1) is 18.6. The molecule has 0 atom stereocenters. The van der Waals surface area contributed by atoms with E-state index in [1.807, 2.05) is 66.7 Å². The van der Waals surface area contributed by atoms with Crippen molar-refractivity contribution in [3.05, 3.63) is 66.2 Å². The molecule has 1 aromatic heterocycles. The molecule has 0 unspecified atom stereocenters. The molecule has 1 fully saturated rings. The number of hydrogen-bond donors (Lipinski definition) is 2. The fourth-order valence-corrected chi connectivity index (χ4v) is 5.03. The molecule has 200 valence electrons. The number of nitriles is 1. The average molecular weight is 527 g/mol. The van der Waals surface area contributed by atoms with E-state index in [4.69, 9.17) is 14.5 Å². The lowest BCUT2D eigenvalue weighted by molar-refractivity contribution is -0.121. The van der Waals surface area contributed by atoms with Crippen LogP contribution in [0.15, 0.2) is 60.7 Å². The zero-order chi connectivity index (χ0) is 27.8. The van der Waals surface area contributed by atoms with Crippen LogP contribution in [0.4, 0.5) is 10.5 Å². The van der Waals surface area contributed by atoms with Crippen molar-refractivity contribution in [2.75, 3.05) is 18.1 Å². The van der Waals surface area contributed by atoms with Gasteiger partial charge in [-0.3, -0.25) is 9.69 Å². The lowest BCUT2D eigenvalue weighted by Crippen LogP contribution is -2.57. The molecule has 2 heterocycles. The number of alkyl carbamates (subject to hydrolysis) is 1. The van der Waals surface area contributed by atoms with Crippen LogP contribution in [-0.4, -0.2) is 46.9 Å². The number of carbonyl (C=O) groups is 2. The Kier molecular flexibility index (Phi) is 6.74. The van der Waals surface area contributed by atoms with E-state index in [2.05, 4.69) is 5.32 Å². The van der Waals surface area contributed by atoms with Crippen molar-refractivity contribution < 1.29 is 24.2 Å². The highest BCUT2D eigenvalue weighted by Gasteiger charge is 2.47. The van der Waals surface area contributed by atoms with E-state index in [0.29, 0.717) is 24.2 Å². The number of benzene rings is 2. The largest absolute Gasteiger partial charge is 0.466 e. The predicted molar refractivity (Wildman–Crippen MR) is 145 cm³/mol. The van der Waals surface area contributed by atoms with Crippen LogP contribution < -0.4 is 15.0 Å². The van der Waals surface area contributed by atoms with Crippen LogP contribution >= 0.6 is 0 Å². The number of hydrogen-bond acceptors (Lipinski definition) is 7. The normalized spacial score (nSPS) is 20.2. The van der Waals surface area contributed by atoms with Crippen LogP contribution in [0, 0.1) is 11.3 Å². The number of carbonyl (C=O) groups excluding carboxylic acids is 2. The lowest BCUT2D eigenvalue weighted by Gasteiger charge is -2.46. The van der Waals surface area contributed by atoms with Crippen LogP contribution in [0.2, 0.25) is 0 Å². The number of anilines is 1. The molecule has 2 N–H and O–H groups in total. The summed E-state index contributed by atoms with van der Waals surface area (Å²) in [7, 11) is 0. The molecule has 0 spiro atoms. The van der Waals surface area contributed by atoms with Gasteiger partial charge in [0.05, 0.1) is 23.4 Å². The number of aromatic nitrogens is 1. The molecule has 5 rings (SSSR count). The third-order valence-corrected chi connectivity index (χ3v) is 6.83. The zero-order valence-corrected chi connectivity index (χ0v) is 22.1. The zero-order valence-electron chi connectivity index (χ0n) is 22.1. The third-order valence-electron chi connectivity index (χ3n) is 6.83. The molecular formula is C30H30N4O5. The summed E-state index contributed by atoms with van der Waals surface area (Å²) in [5, 5.41) is 22.4. The Morgan fingerprint density at radius 1 is 1.18 bits per heavy atom. The summed E-state index contributed by atoms with van der Waals surface area (Å²) in [5.41, 5.74) is 3.07. The molecule has 39 heavy (non-hydrogen) atoms. The van der Waals surface area contributed by atoms with Crippen molar-refractivity contribution in [3.8, 4) is 34.3 Å². The Labute approximate surface area is 227 Å². The van der Waals surface area contributed by atoms with Crippen molar-refractivity contribution in [3.63, 3.8) is 0 Å². The number of aliphatic hydroxyl groups excluding tert-OH is 1. The first kappa shape index (κ1) is 26.2. The second-order valence-electron chi connectivity index (χ2n) is 10.8. The minimum atomic E-state index is -0.729. The molecule has 1 aliphatic carbocycles. The molecule has 1 saturated carbocycles.